The fourth-order valence-electron chi connectivity index (χ4n) is 2.57. The van der Waals surface area contributed by atoms with Gasteiger partial charge in [0.15, 0.2) is 0 Å². The Hall–Kier alpha value is -2.28. The highest BCUT2D eigenvalue weighted by Gasteiger charge is 2.40. The van der Waals surface area contributed by atoms with Gasteiger partial charge in [0.1, 0.15) is 5.76 Å². The smallest absolute Gasteiger partial charge is 0.337 e. The first kappa shape index (κ1) is 14.1. The fourth-order valence-corrected chi connectivity index (χ4v) is 2.57. The second-order valence-corrected chi connectivity index (χ2v) is 5.15. The Labute approximate surface area is 118 Å². The first-order valence-electron chi connectivity index (χ1n) is 6.50. The fraction of sp³-hybridized carbons (Fsp3) is 0.375. The van der Waals surface area contributed by atoms with E-state index in [1.165, 1.54) is 7.11 Å². The summed E-state index contributed by atoms with van der Waals surface area (Å²) in [6, 6.07) is 10.1. The molecule has 0 aromatic heterocycles. The topological polar surface area (TPSA) is 70.3 Å². The third-order valence-corrected chi connectivity index (χ3v) is 3.87. The molecule has 0 saturated carbocycles. The zero-order valence-corrected chi connectivity index (χ0v) is 11.6. The van der Waals surface area contributed by atoms with Crippen LogP contribution in [0.3, 0.4) is 0 Å². The lowest BCUT2D eigenvalue weighted by atomic mass is 9.70. The first-order valence-corrected chi connectivity index (χ1v) is 6.50. The van der Waals surface area contributed by atoms with Crippen molar-refractivity contribution in [3.8, 4) is 6.07 Å². The highest BCUT2D eigenvalue weighted by molar-refractivity contribution is 5.89. The summed E-state index contributed by atoms with van der Waals surface area (Å²) in [6.45, 7) is 1.98. The van der Waals surface area contributed by atoms with Crippen molar-refractivity contribution >= 4 is 5.97 Å². The number of carbonyl (C=O) groups excluding carboxylic acids is 1. The highest BCUT2D eigenvalue weighted by atomic mass is 16.5. The van der Waals surface area contributed by atoms with Crippen LogP contribution in [0.15, 0.2) is 35.6 Å². The number of nitriles is 1. The zero-order chi connectivity index (χ0) is 14.8. The normalized spacial score (nSPS) is 22.2. The number of ether oxygens (including phenoxy) is 1. The molecule has 1 N–H and O–H groups in total. The van der Waals surface area contributed by atoms with E-state index in [1.54, 1.807) is 0 Å². The first-order chi connectivity index (χ1) is 9.52. The molecular weight excluding hydrogens is 254 g/mol. The van der Waals surface area contributed by atoms with Crippen LogP contribution in [-0.4, -0.2) is 18.2 Å². The number of aliphatic hydroxyl groups excluding tert-OH is 1. The van der Waals surface area contributed by atoms with Gasteiger partial charge in [-0.25, -0.2) is 4.79 Å². The average molecular weight is 271 g/mol. The standard InChI is InChI=1S/C16H17NO3/c1-11-3-5-12(6-4-11)16(10-17)8-7-14(18)13(9-16)15(19)20-2/h3-6,18H,7-9H2,1-2H3. The Bertz CT molecular complexity index is 595. The molecule has 0 spiro atoms. The molecule has 0 saturated heterocycles. The molecule has 4 nitrogen and oxygen atoms in total. The Balaban J connectivity index is 2.42. The lowest BCUT2D eigenvalue weighted by Gasteiger charge is -2.31. The summed E-state index contributed by atoms with van der Waals surface area (Å²) in [4.78, 5) is 11.7. The van der Waals surface area contributed by atoms with Crippen LogP contribution in [0.25, 0.3) is 0 Å². The molecule has 1 atom stereocenters. The molecule has 0 aliphatic heterocycles. The van der Waals surface area contributed by atoms with Gasteiger partial charge in [0.05, 0.1) is 24.2 Å². The average Bonchev–Trinajstić information content (AvgIpc) is 2.48. The lowest BCUT2D eigenvalue weighted by molar-refractivity contribution is -0.136. The number of allylic oxidation sites excluding steroid dienone is 1. The van der Waals surface area contributed by atoms with Crippen LogP contribution >= 0.6 is 0 Å². The van der Waals surface area contributed by atoms with Gasteiger partial charge in [-0.1, -0.05) is 29.8 Å². The highest BCUT2D eigenvalue weighted by Crippen LogP contribution is 2.41. The predicted octanol–water partition coefficient (Wildman–Crippen LogP) is 2.93. The van der Waals surface area contributed by atoms with Gasteiger partial charge in [0.25, 0.3) is 0 Å². The van der Waals surface area contributed by atoms with Gasteiger partial charge in [-0.2, -0.15) is 5.26 Å². The van der Waals surface area contributed by atoms with Crippen molar-refractivity contribution in [2.24, 2.45) is 0 Å². The molecular formula is C16H17NO3. The largest absolute Gasteiger partial charge is 0.512 e. The van der Waals surface area contributed by atoms with Crippen molar-refractivity contribution in [2.75, 3.05) is 7.11 Å². The number of aryl methyl sites for hydroxylation is 1. The Kier molecular flexibility index (Phi) is 3.80. The Morgan fingerprint density at radius 1 is 1.40 bits per heavy atom. The maximum Gasteiger partial charge on any atom is 0.337 e. The second-order valence-electron chi connectivity index (χ2n) is 5.15. The molecule has 1 aromatic rings. The van der Waals surface area contributed by atoms with E-state index < -0.39 is 11.4 Å². The van der Waals surface area contributed by atoms with E-state index >= 15 is 0 Å². The van der Waals surface area contributed by atoms with Crippen LogP contribution < -0.4 is 0 Å². The SMILES string of the molecule is COC(=O)C1=C(O)CCC(C#N)(c2ccc(C)cc2)C1. The lowest BCUT2D eigenvalue weighted by Crippen LogP contribution is -2.31. The molecule has 4 heteroatoms. The van der Waals surface area contributed by atoms with Crippen LogP contribution in [0.5, 0.6) is 0 Å². The number of nitrogens with zero attached hydrogens (tertiary/aromatic N) is 1. The maximum atomic E-state index is 11.7. The van der Waals surface area contributed by atoms with E-state index in [0.717, 1.165) is 11.1 Å². The van der Waals surface area contributed by atoms with Gasteiger partial charge in [-0.3, -0.25) is 0 Å². The summed E-state index contributed by atoms with van der Waals surface area (Å²) in [5.74, 6) is -0.524. The van der Waals surface area contributed by atoms with Gasteiger partial charge in [-0.15, -0.1) is 0 Å². The van der Waals surface area contributed by atoms with Crippen LogP contribution in [0.2, 0.25) is 0 Å². The van der Waals surface area contributed by atoms with Gasteiger partial charge in [0.2, 0.25) is 0 Å². The number of hydrogen-bond donors (Lipinski definition) is 1. The van der Waals surface area contributed by atoms with Gasteiger partial charge in [-0.05, 0) is 18.9 Å². The van der Waals surface area contributed by atoms with E-state index in [2.05, 4.69) is 10.8 Å². The number of carbonyl (C=O) groups is 1. The Morgan fingerprint density at radius 2 is 2.05 bits per heavy atom. The summed E-state index contributed by atoms with van der Waals surface area (Å²) >= 11 is 0. The van der Waals surface area contributed by atoms with Gasteiger partial charge < -0.3 is 9.84 Å². The molecule has 0 heterocycles. The van der Waals surface area contributed by atoms with E-state index in [4.69, 9.17) is 0 Å². The molecule has 2 rings (SSSR count). The minimum atomic E-state index is -0.774. The predicted molar refractivity (Wildman–Crippen MR) is 74.0 cm³/mol. The van der Waals surface area contributed by atoms with Crippen molar-refractivity contribution in [3.05, 3.63) is 46.7 Å². The quantitative estimate of drug-likeness (QED) is 0.839. The summed E-state index contributed by atoms with van der Waals surface area (Å²) in [5.41, 5.74) is 1.42. The zero-order valence-electron chi connectivity index (χ0n) is 11.6. The molecule has 0 amide bonds. The molecule has 1 aliphatic rings. The van der Waals surface area contributed by atoms with Crippen molar-refractivity contribution in [1.82, 2.24) is 0 Å². The molecule has 0 bridgehead atoms. The number of hydrogen-bond acceptors (Lipinski definition) is 4. The van der Waals surface area contributed by atoms with Crippen molar-refractivity contribution in [3.63, 3.8) is 0 Å². The summed E-state index contributed by atoms with van der Waals surface area (Å²) < 4.78 is 4.69. The maximum absolute atomic E-state index is 11.7. The molecule has 20 heavy (non-hydrogen) atoms. The van der Waals surface area contributed by atoms with Crippen LogP contribution in [0, 0.1) is 18.3 Å². The molecule has 1 unspecified atom stereocenters. The van der Waals surface area contributed by atoms with Crippen LogP contribution in [0.4, 0.5) is 0 Å². The summed E-state index contributed by atoms with van der Waals surface area (Å²) in [6.07, 6.45) is 0.996. The number of benzene rings is 1. The summed E-state index contributed by atoms with van der Waals surface area (Å²) in [7, 11) is 1.27. The third kappa shape index (κ3) is 2.39. The van der Waals surface area contributed by atoms with E-state index in [1.807, 2.05) is 31.2 Å². The van der Waals surface area contributed by atoms with E-state index in [9.17, 15) is 15.2 Å². The minimum Gasteiger partial charge on any atom is -0.512 e. The van der Waals surface area contributed by atoms with E-state index in [-0.39, 0.29) is 17.8 Å². The monoisotopic (exact) mass is 271 g/mol. The van der Waals surface area contributed by atoms with E-state index in [0.29, 0.717) is 12.8 Å². The van der Waals surface area contributed by atoms with Crippen molar-refractivity contribution in [2.45, 2.75) is 31.6 Å². The molecule has 1 aromatic carbocycles. The number of aliphatic hydroxyl groups is 1. The number of esters is 1. The molecule has 1 aliphatic carbocycles. The molecule has 0 fully saturated rings. The van der Waals surface area contributed by atoms with Crippen LogP contribution in [0.1, 0.15) is 30.4 Å². The minimum absolute atomic E-state index is 0.0369. The van der Waals surface area contributed by atoms with Crippen LogP contribution in [-0.2, 0) is 14.9 Å². The van der Waals surface area contributed by atoms with Crippen molar-refractivity contribution in [1.29, 1.82) is 5.26 Å². The Morgan fingerprint density at radius 3 is 2.60 bits per heavy atom. The molecule has 0 radical (unpaired) electrons. The second kappa shape index (κ2) is 5.38. The molecule has 104 valence electrons. The van der Waals surface area contributed by atoms with Gasteiger partial charge in [0, 0.05) is 12.8 Å². The van der Waals surface area contributed by atoms with Crippen molar-refractivity contribution < 1.29 is 14.6 Å². The number of methoxy groups -OCH3 is 1. The number of rotatable bonds is 2. The third-order valence-electron chi connectivity index (χ3n) is 3.87. The van der Waals surface area contributed by atoms with Gasteiger partial charge >= 0.3 is 5.97 Å². The summed E-state index contributed by atoms with van der Waals surface area (Å²) in [5, 5.41) is 19.5.